The summed E-state index contributed by atoms with van der Waals surface area (Å²) in [7, 11) is 0. The molecule has 0 fully saturated rings. The summed E-state index contributed by atoms with van der Waals surface area (Å²) in [5.41, 5.74) is 0. The predicted octanol–water partition coefficient (Wildman–Crippen LogP) is 17.2. The average molecular weight is 901 g/mol. The van der Waals surface area contributed by atoms with E-state index in [-0.39, 0.29) is 18.5 Å². The molecule has 0 radical (unpaired) electrons. The van der Waals surface area contributed by atoms with Gasteiger partial charge in [0.25, 0.3) is 0 Å². The van der Waals surface area contributed by atoms with Gasteiger partial charge in [0.2, 0.25) is 5.91 Å². The van der Waals surface area contributed by atoms with E-state index in [1.165, 1.54) is 205 Å². The van der Waals surface area contributed by atoms with Crippen LogP contribution in [-0.2, 0) is 14.3 Å². The molecule has 0 aromatic heterocycles. The molecule has 0 saturated heterocycles. The number of hydrogen-bond donors (Lipinski definition) is 3. The minimum atomic E-state index is -0.853. The SMILES string of the molecule is CCCCCCCC/C=C\CCCCCCCC(=O)OCCCCCCCCCCC/C=C\CCCCCCCC(=O)NC(CO)C(O)/C=C/CCCCCCCCCCCCCC. The van der Waals surface area contributed by atoms with E-state index in [1.807, 2.05) is 6.08 Å². The first kappa shape index (κ1) is 62.1. The van der Waals surface area contributed by atoms with Gasteiger partial charge in [-0.15, -0.1) is 0 Å². The summed E-state index contributed by atoms with van der Waals surface area (Å²) >= 11 is 0. The summed E-state index contributed by atoms with van der Waals surface area (Å²) in [6.07, 6.45) is 65.9. The highest BCUT2D eigenvalue weighted by Gasteiger charge is 2.18. The van der Waals surface area contributed by atoms with Crippen LogP contribution in [0.3, 0.4) is 0 Å². The number of hydrogen-bond acceptors (Lipinski definition) is 5. The number of aliphatic hydroxyl groups excluding tert-OH is 2. The minimum absolute atomic E-state index is 0.00615. The van der Waals surface area contributed by atoms with Gasteiger partial charge in [-0.25, -0.2) is 0 Å². The molecule has 0 aromatic carbocycles. The molecule has 2 unspecified atom stereocenters. The Morgan fingerprint density at radius 1 is 0.422 bits per heavy atom. The zero-order chi connectivity index (χ0) is 46.5. The zero-order valence-electron chi connectivity index (χ0n) is 42.8. The third-order valence-corrected chi connectivity index (χ3v) is 12.9. The van der Waals surface area contributed by atoms with Crippen molar-refractivity contribution in [1.29, 1.82) is 0 Å². The summed E-state index contributed by atoms with van der Waals surface area (Å²) in [6, 6.07) is -0.638. The quantitative estimate of drug-likeness (QED) is 0.0321. The lowest BCUT2D eigenvalue weighted by Gasteiger charge is -2.20. The van der Waals surface area contributed by atoms with Crippen LogP contribution in [0.25, 0.3) is 0 Å². The van der Waals surface area contributed by atoms with Gasteiger partial charge in [0.05, 0.1) is 25.4 Å². The summed E-state index contributed by atoms with van der Waals surface area (Å²) in [6.45, 7) is 4.88. The van der Waals surface area contributed by atoms with Crippen LogP contribution in [0.5, 0.6) is 0 Å². The number of nitrogens with one attached hydrogen (secondary N) is 1. The number of carbonyl (C=O) groups excluding carboxylic acids is 2. The number of ether oxygens (including phenoxy) is 1. The van der Waals surface area contributed by atoms with Crippen molar-refractivity contribution in [1.82, 2.24) is 5.32 Å². The Morgan fingerprint density at radius 3 is 1.11 bits per heavy atom. The van der Waals surface area contributed by atoms with Gasteiger partial charge in [-0.1, -0.05) is 237 Å². The second-order valence-corrected chi connectivity index (χ2v) is 19.3. The minimum Gasteiger partial charge on any atom is -0.466 e. The van der Waals surface area contributed by atoms with Gasteiger partial charge >= 0.3 is 5.97 Å². The van der Waals surface area contributed by atoms with Crippen molar-refractivity contribution >= 4 is 11.9 Å². The standard InChI is InChI=1S/C58H109NO5/c1-3-5-7-9-11-13-15-17-23-28-32-36-40-44-48-52-58(63)64-53-49-45-41-37-33-29-25-22-20-19-21-24-27-31-35-39-43-47-51-57(62)59-55(54-60)56(61)50-46-42-38-34-30-26-18-16-14-12-10-8-6-4-2/h17,21,23-24,46,50,55-56,60-61H,3-16,18-20,22,25-45,47-49,51-54H2,1-2H3,(H,59,62)/b23-17-,24-21-,50-46+. The lowest BCUT2D eigenvalue weighted by molar-refractivity contribution is -0.143. The molecule has 0 bridgehead atoms. The molecule has 376 valence electrons. The highest BCUT2D eigenvalue weighted by molar-refractivity contribution is 5.76. The molecule has 6 nitrogen and oxygen atoms in total. The Balaban J connectivity index is 3.48. The second-order valence-electron chi connectivity index (χ2n) is 19.3. The molecule has 0 spiro atoms. The summed E-state index contributed by atoms with van der Waals surface area (Å²) in [5.74, 6) is -0.0887. The van der Waals surface area contributed by atoms with E-state index in [9.17, 15) is 19.8 Å². The molecule has 3 N–H and O–H groups in total. The van der Waals surface area contributed by atoms with E-state index in [0.717, 1.165) is 64.2 Å². The maximum atomic E-state index is 12.4. The first-order valence-corrected chi connectivity index (χ1v) is 28.3. The van der Waals surface area contributed by atoms with Gasteiger partial charge in [-0.3, -0.25) is 9.59 Å². The van der Waals surface area contributed by atoms with Crippen LogP contribution in [0.2, 0.25) is 0 Å². The monoisotopic (exact) mass is 900 g/mol. The molecule has 0 rings (SSSR count). The molecule has 1 amide bonds. The number of rotatable bonds is 52. The second kappa shape index (κ2) is 53.7. The van der Waals surface area contributed by atoms with E-state index in [1.54, 1.807) is 6.08 Å². The largest absolute Gasteiger partial charge is 0.466 e. The van der Waals surface area contributed by atoms with Gasteiger partial charge < -0.3 is 20.3 Å². The van der Waals surface area contributed by atoms with Gasteiger partial charge in [0, 0.05) is 12.8 Å². The number of amides is 1. The Hall–Kier alpha value is -1.92. The Bertz CT molecular complexity index is 1040. The fourth-order valence-electron chi connectivity index (χ4n) is 8.50. The zero-order valence-corrected chi connectivity index (χ0v) is 42.8. The van der Waals surface area contributed by atoms with Gasteiger partial charge in [-0.05, 0) is 83.5 Å². The molecule has 0 aliphatic carbocycles. The fourth-order valence-corrected chi connectivity index (χ4v) is 8.50. The van der Waals surface area contributed by atoms with Crippen molar-refractivity contribution in [3.63, 3.8) is 0 Å². The molecule has 64 heavy (non-hydrogen) atoms. The predicted molar refractivity (Wildman–Crippen MR) is 278 cm³/mol. The summed E-state index contributed by atoms with van der Waals surface area (Å²) < 4.78 is 5.47. The lowest BCUT2D eigenvalue weighted by atomic mass is 10.0. The van der Waals surface area contributed by atoms with Crippen molar-refractivity contribution < 1.29 is 24.5 Å². The van der Waals surface area contributed by atoms with Crippen LogP contribution in [0.4, 0.5) is 0 Å². The van der Waals surface area contributed by atoms with Crippen LogP contribution < -0.4 is 5.32 Å². The van der Waals surface area contributed by atoms with Crippen molar-refractivity contribution in [3.05, 3.63) is 36.5 Å². The highest BCUT2D eigenvalue weighted by Crippen LogP contribution is 2.15. The Labute approximate surface area is 398 Å². The maximum Gasteiger partial charge on any atom is 0.305 e. The van der Waals surface area contributed by atoms with Crippen molar-refractivity contribution in [2.45, 2.75) is 309 Å². The van der Waals surface area contributed by atoms with Gasteiger partial charge in [0.1, 0.15) is 0 Å². The number of carbonyl (C=O) groups is 2. The van der Waals surface area contributed by atoms with Crippen molar-refractivity contribution in [3.8, 4) is 0 Å². The van der Waals surface area contributed by atoms with Crippen molar-refractivity contribution in [2.75, 3.05) is 13.2 Å². The molecule has 0 aliphatic heterocycles. The molecule has 0 aromatic rings. The summed E-state index contributed by atoms with van der Waals surface area (Å²) in [5, 5.41) is 23.1. The van der Waals surface area contributed by atoms with Gasteiger partial charge in [-0.2, -0.15) is 0 Å². The third kappa shape index (κ3) is 49.5. The molecule has 6 heteroatoms. The first-order valence-electron chi connectivity index (χ1n) is 28.3. The average Bonchev–Trinajstić information content (AvgIpc) is 3.29. The Kier molecular flexibility index (Phi) is 52.1. The summed E-state index contributed by atoms with van der Waals surface area (Å²) in [4.78, 5) is 24.5. The normalized spacial score (nSPS) is 12.9. The van der Waals surface area contributed by atoms with Crippen LogP contribution >= 0.6 is 0 Å². The highest BCUT2D eigenvalue weighted by atomic mass is 16.5. The van der Waals surface area contributed by atoms with Crippen LogP contribution in [0.15, 0.2) is 36.5 Å². The smallest absolute Gasteiger partial charge is 0.305 e. The topological polar surface area (TPSA) is 95.9 Å². The third-order valence-electron chi connectivity index (χ3n) is 12.9. The molecule has 2 atom stereocenters. The Morgan fingerprint density at radius 2 is 0.734 bits per heavy atom. The number of esters is 1. The van der Waals surface area contributed by atoms with E-state index >= 15 is 0 Å². The molecule has 0 aliphatic rings. The first-order chi connectivity index (χ1) is 31.5. The number of unbranched alkanes of at least 4 members (excludes halogenated alkanes) is 37. The van der Waals surface area contributed by atoms with Crippen LogP contribution in [-0.4, -0.2) is 47.4 Å². The lowest BCUT2D eigenvalue weighted by Crippen LogP contribution is -2.45. The van der Waals surface area contributed by atoms with Crippen LogP contribution in [0.1, 0.15) is 296 Å². The molecule has 0 saturated carbocycles. The number of allylic oxidation sites excluding steroid dienone is 5. The van der Waals surface area contributed by atoms with E-state index in [0.29, 0.717) is 19.4 Å². The van der Waals surface area contributed by atoms with Gasteiger partial charge in [0.15, 0.2) is 0 Å². The maximum absolute atomic E-state index is 12.4. The van der Waals surface area contributed by atoms with Crippen LogP contribution in [0, 0.1) is 0 Å². The number of aliphatic hydroxyl groups is 2. The van der Waals surface area contributed by atoms with E-state index in [2.05, 4.69) is 43.5 Å². The molecular formula is C58H109NO5. The molecular weight excluding hydrogens is 791 g/mol. The van der Waals surface area contributed by atoms with E-state index < -0.39 is 12.1 Å². The van der Waals surface area contributed by atoms with Crippen molar-refractivity contribution in [2.24, 2.45) is 0 Å². The van der Waals surface area contributed by atoms with E-state index in [4.69, 9.17) is 4.74 Å². The molecule has 0 heterocycles. The fraction of sp³-hybridized carbons (Fsp3) is 0.862.